The Balaban J connectivity index is 1.46. The van der Waals surface area contributed by atoms with Crippen LogP contribution in [-0.2, 0) is 20.0 Å². The summed E-state index contributed by atoms with van der Waals surface area (Å²) in [6.45, 7) is 4.66. The van der Waals surface area contributed by atoms with E-state index in [0.29, 0.717) is 29.3 Å². The Labute approximate surface area is 205 Å². The predicted octanol–water partition coefficient (Wildman–Crippen LogP) is 4.82. The van der Waals surface area contributed by atoms with Gasteiger partial charge in [0.2, 0.25) is 0 Å². The summed E-state index contributed by atoms with van der Waals surface area (Å²) in [5.74, 6) is 1.00. The molecule has 1 atom stereocenters. The zero-order chi connectivity index (χ0) is 23.8. The molecular weight excluding hydrogens is 501 g/mol. The summed E-state index contributed by atoms with van der Waals surface area (Å²) in [7, 11) is 1.77. The molecule has 34 heavy (non-hydrogen) atoms. The van der Waals surface area contributed by atoms with E-state index in [-0.39, 0.29) is 5.82 Å². The first kappa shape index (κ1) is 22.6. The van der Waals surface area contributed by atoms with Crippen LogP contribution in [0, 0.1) is 18.7 Å². The van der Waals surface area contributed by atoms with Gasteiger partial charge in [0.25, 0.3) is 0 Å². The molecule has 0 amide bonds. The van der Waals surface area contributed by atoms with E-state index >= 15 is 0 Å². The van der Waals surface area contributed by atoms with Crippen molar-refractivity contribution in [1.29, 1.82) is 0 Å². The summed E-state index contributed by atoms with van der Waals surface area (Å²) < 4.78 is 23.2. The molecule has 1 aliphatic rings. The number of nitrogens with zero attached hydrogens (tertiary/aromatic N) is 7. The Morgan fingerprint density at radius 2 is 2.06 bits per heavy atom. The van der Waals surface area contributed by atoms with Crippen molar-refractivity contribution in [1.82, 2.24) is 35.0 Å². The molecule has 0 saturated heterocycles. The van der Waals surface area contributed by atoms with Crippen LogP contribution >= 0.6 is 15.9 Å². The second kappa shape index (κ2) is 9.25. The molecular formula is C24H25BrFN7O. The minimum absolute atomic E-state index is 0.341. The minimum Gasteiger partial charge on any atom is -0.484 e. The van der Waals surface area contributed by atoms with Crippen LogP contribution in [0.3, 0.4) is 0 Å². The highest BCUT2D eigenvalue weighted by Crippen LogP contribution is 2.34. The first-order valence-corrected chi connectivity index (χ1v) is 12.0. The number of halogens is 2. The number of benzene rings is 1. The lowest BCUT2D eigenvalue weighted by Gasteiger charge is -2.19. The fourth-order valence-corrected chi connectivity index (χ4v) is 4.28. The third-order valence-corrected chi connectivity index (χ3v) is 6.31. The summed E-state index contributed by atoms with van der Waals surface area (Å²) >= 11 is 3.43. The number of pyridine rings is 1. The van der Waals surface area contributed by atoms with Crippen molar-refractivity contribution in [2.45, 2.75) is 45.8 Å². The number of hydrogen-bond donors (Lipinski definition) is 0. The lowest BCUT2D eigenvalue weighted by molar-refractivity contribution is 0.224. The normalized spacial score (nSPS) is 14.4. The van der Waals surface area contributed by atoms with E-state index in [4.69, 9.17) is 4.74 Å². The largest absolute Gasteiger partial charge is 0.484 e. The summed E-state index contributed by atoms with van der Waals surface area (Å²) in [5, 5.41) is 17.8. The number of aromatic nitrogens is 7. The molecule has 0 unspecified atom stereocenters. The van der Waals surface area contributed by atoms with Crippen molar-refractivity contribution in [2.24, 2.45) is 13.0 Å². The molecule has 8 nitrogen and oxygen atoms in total. The lowest BCUT2D eigenvalue weighted by Crippen LogP contribution is -2.08. The number of aryl methyl sites for hydroxylation is 2. The highest BCUT2D eigenvalue weighted by molar-refractivity contribution is 9.10. The van der Waals surface area contributed by atoms with E-state index in [2.05, 4.69) is 41.4 Å². The van der Waals surface area contributed by atoms with Crippen LogP contribution in [-0.4, -0.2) is 35.0 Å². The van der Waals surface area contributed by atoms with Gasteiger partial charge in [0, 0.05) is 48.0 Å². The van der Waals surface area contributed by atoms with Gasteiger partial charge in [0.05, 0.1) is 17.1 Å². The maximum atomic E-state index is 14.3. The van der Waals surface area contributed by atoms with Crippen molar-refractivity contribution in [3.63, 3.8) is 0 Å². The third-order valence-electron chi connectivity index (χ3n) is 5.88. The summed E-state index contributed by atoms with van der Waals surface area (Å²) in [4.78, 5) is 5.85. The van der Waals surface area contributed by atoms with E-state index in [1.807, 2.05) is 30.8 Å². The zero-order valence-electron chi connectivity index (χ0n) is 19.2. The maximum absolute atomic E-state index is 14.3. The van der Waals surface area contributed by atoms with E-state index in [1.165, 1.54) is 29.8 Å². The molecule has 176 valence electrons. The number of rotatable bonds is 8. The quantitative estimate of drug-likeness (QED) is 0.328. The molecule has 5 rings (SSSR count). The Morgan fingerprint density at radius 1 is 1.24 bits per heavy atom. The molecule has 1 fully saturated rings. The van der Waals surface area contributed by atoms with Crippen molar-refractivity contribution in [3.05, 3.63) is 69.6 Å². The zero-order valence-corrected chi connectivity index (χ0v) is 20.8. The topological polar surface area (TPSA) is 83.5 Å². The van der Waals surface area contributed by atoms with Gasteiger partial charge >= 0.3 is 0 Å². The molecule has 0 spiro atoms. The van der Waals surface area contributed by atoms with Crippen LogP contribution < -0.4 is 4.74 Å². The molecule has 0 N–H and O–H groups in total. The third kappa shape index (κ3) is 5.01. The SMILES string of the molecule is Cc1ncc(Br)cc1O[C@@H](C)c1cc(F)ccc1-c1nn(C)nc1Cc1cn(CC2CC2)nn1. The van der Waals surface area contributed by atoms with Crippen LogP contribution in [0.5, 0.6) is 5.75 Å². The Morgan fingerprint density at radius 3 is 2.85 bits per heavy atom. The van der Waals surface area contributed by atoms with Gasteiger partial charge in [-0.05, 0) is 72.8 Å². The highest BCUT2D eigenvalue weighted by Gasteiger charge is 2.24. The van der Waals surface area contributed by atoms with Crippen molar-refractivity contribution in [3.8, 4) is 17.0 Å². The molecule has 0 radical (unpaired) electrons. The van der Waals surface area contributed by atoms with Crippen molar-refractivity contribution < 1.29 is 9.13 Å². The van der Waals surface area contributed by atoms with Gasteiger partial charge in [-0.25, -0.2) is 4.39 Å². The summed E-state index contributed by atoms with van der Waals surface area (Å²) in [6.07, 6.45) is 6.23. The lowest BCUT2D eigenvalue weighted by atomic mass is 9.98. The Hall–Kier alpha value is -3.14. The molecule has 1 saturated carbocycles. The second-order valence-electron chi connectivity index (χ2n) is 8.77. The van der Waals surface area contributed by atoms with Gasteiger partial charge < -0.3 is 4.74 Å². The summed E-state index contributed by atoms with van der Waals surface area (Å²) in [6, 6.07) is 6.51. The van der Waals surface area contributed by atoms with Crippen molar-refractivity contribution >= 4 is 15.9 Å². The van der Waals surface area contributed by atoms with Gasteiger partial charge in [-0.15, -0.1) is 5.10 Å². The Bertz CT molecular complexity index is 1330. The highest BCUT2D eigenvalue weighted by atomic mass is 79.9. The van der Waals surface area contributed by atoms with Gasteiger partial charge in [-0.2, -0.15) is 15.0 Å². The predicted molar refractivity (Wildman–Crippen MR) is 128 cm³/mol. The van der Waals surface area contributed by atoms with Crippen LogP contribution in [0.25, 0.3) is 11.3 Å². The average Bonchev–Trinajstić information content (AvgIpc) is 3.38. The van der Waals surface area contributed by atoms with E-state index < -0.39 is 6.10 Å². The monoisotopic (exact) mass is 525 g/mol. The number of ether oxygens (including phenoxy) is 1. The molecule has 0 aliphatic heterocycles. The maximum Gasteiger partial charge on any atom is 0.142 e. The second-order valence-corrected chi connectivity index (χ2v) is 9.68. The van der Waals surface area contributed by atoms with E-state index in [9.17, 15) is 4.39 Å². The number of hydrogen-bond acceptors (Lipinski definition) is 6. The molecule has 1 aromatic carbocycles. The van der Waals surface area contributed by atoms with Gasteiger partial charge in [-0.1, -0.05) is 5.21 Å². The summed E-state index contributed by atoms with van der Waals surface area (Å²) in [5.41, 5.74) is 4.45. The van der Waals surface area contributed by atoms with Crippen molar-refractivity contribution in [2.75, 3.05) is 0 Å². The fourth-order valence-electron chi connectivity index (χ4n) is 3.97. The van der Waals surface area contributed by atoms with Crippen LogP contribution in [0.1, 0.15) is 48.5 Å². The molecule has 4 aromatic rings. The van der Waals surface area contributed by atoms with Crippen LogP contribution in [0.4, 0.5) is 4.39 Å². The minimum atomic E-state index is -0.449. The molecule has 1 aliphatic carbocycles. The van der Waals surface area contributed by atoms with Gasteiger partial charge in [0.1, 0.15) is 23.4 Å². The molecule has 3 heterocycles. The van der Waals surface area contributed by atoms with Crippen LogP contribution in [0.2, 0.25) is 0 Å². The average molecular weight is 526 g/mol. The van der Waals surface area contributed by atoms with Crippen LogP contribution in [0.15, 0.2) is 41.1 Å². The fraction of sp³-hybridized carbons (Fsp3) is 0.375. The van der Waals surface area contributed by atoms with E-state index in [1.54, 1.807) is 19.3 Å². The molecule has 3 aromatic heterocycles. The van der Waals surface area contributed by atoms with Gasteiger partial charge in [-0.3, -0.25) is 9.67 Å². The van der Waals surface area contributed by atoms with E-state index in [0.717, 1.165) is 33.7 Å². The van der Waals surface area contributed by atoms with Gasteiger partial charge in [0.15, 0.2) is 0 Å². The smallest absolute Gasteiger partial charge is 0.142 e. The Kier molecular flexibility index (Phi) is 6.16. The first-order valence-electron chi connectivity index (χ1n) is 11.2. The molecule has 0 bridgehead atoms. The first-order chi connectivity index (χ1) is 16.4. The standard InChI is InChI=1S/C24H25BrFN7O/c1-14-23(8-17(25)11-27-14)34-15(2)21-9-18(26)6-7-20(21)24-22(29-32(3)30-24)10-19-13-33(31-28-19)12-16-4-5-16/h6-9,11,13,15-16H,4-5,10,12H2,1-3H3/t15-/m0/s1. The molecule has 10 heteroatoms.